The largest absolute Gasteiger partial charge is 0.359 e. The number of nitrogens with zero attached hydrogens (tertiary/aromatic N) is 3. The average Bonchev–Trinajstić information content (AvgIpc) is 2.79. The van der Waals surface area contributed by atoms with Gasteiger partial charge in [0.15, 0.2) is 0 Å². The molecule has 0 aromatic carbocycles. The molecule has 2 aromatic heterocycles. The highest BCUT2D eigenvalue weighted by Crippen LogP contribution is 2.32. The molecule has 19 heavy (non-hydrogen) atoms. The van der Waals surface area contributed by atoms with Crippen molar-refractivity contribution in [2.75, 3.05) is 30.9 Å². The minimum atomic E-state index is 0.609. The Hall–Kier alpha value is -1.36. The summed E-state index contributed by atoms with van der Waals surface area (Å²) < 4.78 is 0. The number of hydrogen-bond donors (Lipinski definition) is 1. The smallest absolute Gasteiger partial charge is 0.225 e. The lowest BCUT2D eigenvalue weighted by Crippen LogP contribution is -2.24. The quantitative estimate of drug-likeness (QED) is 0.910. The van der Waals surface area contributed by atoms with Gasteiger partial charge in [-0.15, -0.1) is 11.3 Å². The fraction of sp³-hybridized carbons (Fsp3) is 0.571. The van der Waals surface area contributed by atoms with E-state index in [4.69, 9.17) is 0 Å². The first kappa shape index (κ1) is 14.1. The molecule has 0 aliphatic rings. The molecule has 0 spiro atoms. The second kappa shape index (κ2) is 5.74. The molecule has 0 radical (unpaired) electrons. The lowest BCUT2D eigenvalue weighted by Gasteiger charge is -2.21. The molecule has 0 amide bonds. The van der Waals surface area contributed by atoms with Gasteiger partial charge in [0, 0.05) is 25.5 Å². The molecule has 104 valence electrons. The normalized spacial score (nSPS) is 11.3. The van der Waals surface area contributed by atoms with Crippen LogP contribution < -0.4 is 10.2 Å². The van der Waals surface area contributed by atoms with E-state index in [1.165, 1.54) is 10.3 Å². The standard InChI is InChI=1S/C14H22N4S/c1-6-10-7-11-12(18(5)8-9(2)3)16-14(15-4)17-13(11)19-10/h7,9H,6,8H2,1-5H3,(H,15,16,17). The van der Waals surface area contributed by atoms with Gasteiger partial charge in [0.25, 0.3) is 0 Å². The molecule has 0 unspecified atom stereocenters. The van der Waals surface area contributed by atoms with Crippen molar-refractivity contribution in [1.29, 1.82) is 0 Å². The molecule has 4 nitrogen and oxygen atoms in total. The first-order valence-corrected chi connectivity index (χ1v) is 7.56. The van der Waals surface area contributed by atoms with Gasteiger partial charge < -0.3 is 10.2 Å². The molecule has 5 heteroatoms. The molecule has 2 rings (SSSR count). The Morgan fingerprint density at radius 3 is 2.68 bits per heavy atom. The number of aryl methyl sites for hydroxylation is 1. The van der Waals surface area contributed by atoms with Crippen molar-refractivity contribution in [3.05, 3.63) is 10.9 Å². The van der Waals surface area contributed by atoms with Gasteiger partial charge in [0.05, 0.1) is 5.39 Å². The Kier molecular flexibility index (Phi) is 4.24. The van der Waals surface area contributed by atoms with Gasteiger partial charge >= 0.3 is 0 Å². The molecule has 0 aliphatic carbocycles. The summed E-state index contributed by atoms with van der Waals surface area (Å²) in [6.07, 6.45) is 1.04. The van der Waals surface area contributed by atoms with Gasteiger partial charge in [-0.2, -0.15) is 4.98 Å². The van der Waals surface area contributed by atoms with Gasteiger partial charge in [-0.3, -0.25) is 0 Å². The van der Waals surface area contributed by atoms with Crippen LogP contribution in [0.25, 0.3) is 10.2 Å². The maximum atomic E-state index is 4.63. The molecule has 2 heterocycles. The van der Waals surface area contributed by atoms with Crippen molar-refractivity contribution < 1.29 is 0 Å². The molecular weight excluding hydrogens is 256 g/mol. The number of fused-ring (bicyclic) bond motifs is 1. The van der Waals surface area contributed by atoms with Crippen molar-refractivity contribution in [2.45, 2.75) is 27.2 Å². The van der Waals surface area contributed by atoms with Crippen molar-refractivity contribution in [2.24, 2.45) is 5.92 Å². The summed E-state index contributed by atoms with van der Waals surface area (Å²) in [5.74, 6) is 2.33. The summed E-state index contributed by atoms with van der Waals surface area (Å²) in [4.78, 5) is 13.8. The SMILES string of the molecule is CCc1cc2c(N(C)CC(C)C)nc(NC)nc2s1. The van der Waals surface area contributed by atoms with Crippen molar-refractivity contribution >= 4 is 33.3 Å². The Bertz CT molecular complexity index is 562. The molecule has 1 N–H and O–H groups in total. The minimum Gasteiger partial charge on any atom is -0.359 e. The van der Waals surface area contributed by atoms with E-state index >= 15 is 0 Å². The number of anilines is 2. The number of hydrogen-bond acceptors (Lipinski definition) is 5. The van der Waals surface area contributed by atoms with E-state index in [0.717, 1.165) is 23.6 Å². The van der Waals surface area contributed by atoms with Crippen molar-refractivity contribution in [1.82, 2.24) is 9.97 Å². The van der Waals surface area contributed by atoms with E-state index in [-0.39, 0.29) is 0 Å². The van der Waals surface area contributed by atoms with Gasteiger partial charge in [0.2, 0.25) is 5.95 Å². The summed E-state index contributed by atoms with van der Waals surface area (Å²) in [5.41, 5.74) is 0. The van der Waals surface area contributed by atoms with Crippen LogP contribution in [-0.4, -0.2) is 30.6 Å². The minimum absolute atomic E-state index is 0.609. The molecule has 0 fully saturated rings. The van der Waals surface area contributed by atoms with Crippen LogP contribution >= 0.6 is 11.3 Å². The van der Waals surface area contributed by atoms with Crippen LogP contribution in [0, 0.1) is 5.92 Å². The molecule has 2 aromatic rings. The van der Waals surface area contributed by atoms with E-state index in [0.29, 0.717) is 11.9 Å². The van der Waals surface area contributed by atoms with Gasteiger partial charge in [0.1, 0.15) is 10.6 Å². The number of thiophene rings is 1. The molecule has 0 aliphatic heterocycles. The van der Waals surface area contributed by atoms with E-state index in [2.05, 4.69) is 54.1 Å². The van der Waals surface area contributed by atoms with Gasteiger partial charge in [-0.05, 0) is 18.4 Å². The summed E-state index contributed by atoms with van der Waals surface area (Å²) in [7, 11) is 3.96. The lowest BCUT2D eigenvalue weighted by atomic mass is 10.2. The van der Waals surface area contributed by atoms with Gasteiger partial charge in [-0.1, -0.05) is 20.8 Å². The van der Waals surface area contributed by atoms with E-state index in [1.54, 1.807) is 11.3 Å². The Balaban J connectivity index is 2.52. The molecular formula is C14H22N4S. The number of rotatable bonds is 5. The highest BCUT2D eigenvalue weighted by atomic mass is 32.1. The van der Waals surface area contributed by atoms with Crippen LogP contribution in [0.5, 0.6) is 0 Å². The predicted molar refractivity (Wildman–Crippen MR) is 84.4 cm³/mol. The Morgan fingerprint density at radius 1 is 1.37 bits per heavy atom. The van der Waals surface area contributed by atoms with Crippen molar-refractivity contribution in [3.63, 3.8) is 0 Å². The maximum absolute atomic E-state index is 4.63. The second-order valence-corrected chi connectivity index (χ2v) is 6.30. The van der Waals surface area contributed by atoms with Gasteiger partial charge in [-0.25, -0.2) is 4.98 Å². The van der Waals surface area contributed by atoms with Crippen LogP contribution in [0.3, 0.4) is 0 Å². The Labute approximate surface area is 118 Å². The zero-order chi connectivity index (χ0) is 14.0. The Morgan fingerprint density at radius 2 is 2.11 bits per heavy atom. The summed E-state index contributed by atoms with van der Waals surface area (Å²) in [6.45, 7) is 7.61. The predicted octanol–water partition coefficient (Wildman–Crippen LogP) is 3.39. The van der Waals surface area contributed by atoms with Crippen molar-refractivity contribution in [3.8, 4) is 0 Å². The zero-order valence-electron chi connectivity index (χ0n) is 12.3. The monoisotopic (exact) mass is 278 g/mol. The molecule has 0 atom stereocenters. The summed E-state index contributed by atoms with van der Waals surface area (Å²) in [5, 5.41) is 4.22. The summed E-state index contributed by atoms with van der Waals surface area (Å²) in [6, 6.07) is 2.23. The van der Waals surface area contributed by atoms with E-state index < -0.39 is 0 Å². The number of aromatic nitrogens is 2. The highest BCUT2D eigenvalue weighted by molar-refractivity contribution is 7.18. The molecule has 0 saturated carbocycles. The first-order valence-electron chi connectivity index (χ1n) is 6.74. The highest BCUT2D eigenvalue weighted by Gasteiger charge is 2.14. The van der Waals surface area contributed by atoms with E-state index in [9.17, 15) is 0 Å². The van der Waals surface area contributed by atoms with Crippen LogP contribution in [0.2, 0.25) is 0 Å². The fourth-order valence-corrected chi connectivity index (χ4v) is 3.13. The molecule has 0 bridgehead atoms. The van der Waals surface area contributed by atoms with Crippen LogP contribution in [-0.2, 0) is 6.42 Å². The van der Waals surface area contributed by atoms with E-state index in [1.807, 2.05) is 7.05 Å². The first-order chi connectivity index (χ1) is 9.05. The second-order valence-electron chi connectivity index (χ2n) is 5.18. The third-order valence-corrected chi connectivity index (χ3v) is 4.17. The maximum Gasteiger partial charge on any atom is 0.225 e. The summed E-state index contributed by atoms with van der Waals surface area (Å²) >= 11 is 1.76. The third kappa shape index (κ3) is 2.97. The third-order valence-electron chi connectivity index (χ3n) is 3.00. The number of nitrogens with one attached hydrogen (secondary N) is 1. The zero-order valence-corrected chi connectivity index (χ0v) is 13.1. The van der Waals surface area contributed by atoms with Crippen LogP contribution in [0.4, 0.5) is 11.8 Å². The fourth-order valence-electron chi connectivity index (χ4n) is 2.17. The topological polar surface area (TPSA) is 41.1 Å². The van der Waals surface area contributed by atoms with Crippen LogP contribution in [0.1, 0.15) is 25.6 Å². The average molecular weight is 278 g/mol. The van der Waals surface area contributed by atoms with Crippen LogP contribution in [0.15, 0.2) is 6.07 Å². The lowest BCUT2D eigenvalue weighted by molar-refractivity contribution is 0.636. The molecule has 0 saturated heterocycles.